The number of aromatic nitrogens is 3. The largest absolute Gasteiger partial charge is 0.307 e. The van der Waals surface area contributed by atoms with Crippen molar-refractivity contribution in [1.82, 2.24) is 19.2 Å². The van der Waals surface area contributed by atoms with E-state index >= 15 is 0 Å². The predicted octanol–water partition coefficient (Wildman–Crippen LogP) is 3.32. The van der Waals surface area contributed by atoms with Crippen molar-refractivity contribution in [2.45, 2.75) is 26.1 Å². The molecule has 0 radical (unpaired) electrons. The molecule has 1 aliphatic rings. The monoisotopic (exact) mass is 448 g/mol. The first-order valence-corrected chi connectivity index (χ1v) is 11.6. The van der Waals surface area contributed by atoms with Gasteiger partial charge < -0.3 is 4.57 Å². The van der Waals surface area contributed by atoms with Gasteiger partial charge >= 0.3 is 0 Å². The molecule has 148 valence electrons. The number of hydrogen-bond donors (Lipinski definition) is 0. The van der Waals surface area contributed by atoms with E-state index in [4.69, 9.17) is 35.4 Å². The topological polar surface area (TPSA) is 60.1 Å². The fourth-order valence-corrected chi connectivity index (χ4v) is 5.71. The van der Waals surface area contributed by atoms with Crippen LogP contribution in [0.15, 0.2) is 18.2 Å². The summed E-state index contributed by atoms with van der Waals surface area (Å²) < 4.78 is 27.6. The van der Waals surface area contributed by atoms with Gasteiger partial charge in [0.05, 0.1) is 28.2 Å². The molecule has 0 bridgehead atoms. The van der Waals surface area contributed by atoms with Gasteiger partial charge in [-0.2, -0.15) is 5.10 Å². The Balaban J connectivity index is 1.68. The first kappa shape index (κ1) is 20.8. The lowest BCUT2D eigenvalue weighted by atomic mass is 10.1. The average Bonchev–Trinajstić information content (AvgIpc) is 3.05. The van der Waals surface area contributed by atoms with Crippen molar-refractivity contribution >= 4 is 45.3 Å². The van der Waals surface area contributed by atoms with Crippen LogP contribution in [0.1, 0.15) is 17.8 Å². The zero-order chi connectivity index (χ0) is 19.8. The Hall–Kier alpha value is -0.930. The third-order valence-electron chi connectivity index (χ3n) is 4.74. The molecule has 1 saturated heterocycles. The summed E-state index contributed by atoms with van der Waals surface area (Å²) in [4.78, 5) is 2.08. The van der Waals surface area contributed by atoms with Crippen LogP contribution in [0.2, 0.25) is 10.0 Å². The van der Waals surface area contributed by atoms with E-state index in [1.807, 2.05) is 30.8 Å². The van der Waals surface area contributed by atoms with E-state index in [1.54, 1.807) is 10.7 Å². The Morgan fingerprint density at radius 1 is 1.33 bits per heavy atom. The molecule has 1 aromatic heterocycles. The van der Waals surface area contributed by atoms with E-state index in [2.05, 4.69) is 10.00 Å². The Bertz CT molecular complexity index is 1000. The van der Waals surface area contributed by atoms with Gasteiger partial charge in [0.15, 0.2) is 14.6 Å². The van der Waals surface area contributed by atoms with Crippen LogP contribution in [-0.4, -0.2) is 46.2 Å². The molecule has 1 aliphatic heterocycles. The number of rotatable bonds is 6. The van der Waals surface area contributed by atoms with E-state index < -0.39 is 9.84 Å². The minimum Gasteiger partial charge on any atom is -0.307 e. The highest BCUT2D eigenvalue weighted by atomic mass is 35.5. The molecule has 3 rings (SSSR count). The molecular formula is C17H22Cl2N4O2S2. The Morgan fingerprint density at radius 2 is 2.07 bits per heavy atom. The second kappa shape index (κ2) is 8.21. The fourth-order valence-electron chi connectivity index (χ4n) is 3.32. The van der Waals surface area contributed by atoms with Crippen LogP contribution in [0.3, 0.4) is 0 Å². The molecule has 0 aliphatic carbocycles. The van der Waals surface area contributed by atoms with Gasteiger partial charge in [-0.05, 0) is 49.3 Å². The number of nitrogens with zero attached hydrogens (tertiary/aromatic N) is 4. The van der Waals surface area contributed by atoms with Crippen LogP contribution in [0.5, 0.6) is 0 Å². The van der Waals surface area contributed by atoms with Crippen LogP contribution in [-0.2, 0) is 36.5 Å². The van der Waals surface area contributed by atoms with Gasteiger partial charge in [-0.25, -0.2) is 13.1 Å². The van der Waals surface area contributed by atoms with Crippen LogP contribution in [0.4, 0.5) is 0 Å². The standard InChI is InChI=1S/C17H22Cl2N4O2S2/c1-21(9-12-3-4-14(18)15(19)7-12)11-23-17(26)22(2)16(20-23)8-13-5-6-27(24,25)10-13/h3-4,7,13H,5-6,8-11H2,1-2H3/t13-/m0/s1. The molecule has 0 unspecified atom stereocenters. The van der Waals surface area contributed by atoms with Crippen molar-refractivity contribution < 1.29 is 8.42 Å². The lowest BCUT2D eigenvalue weighted by Crippen LogP contribution is -2.22. The van der Waals surface area contributed by atoms with Crippen LogP contribution >= 0.6 is 35.4 Å². The molecule has 0 N–H and O–H groups in total. The Morgan fingerprint density at radius 3 is 2.70 bits per heavy atom. The van der Waals surface area contributed by atoms with Gasteiger partial charge in [-0.15, -0.1) is 0 Å². The van der Waals surface area contributed by atoms with Crippen molar-refractivity contribution in [3.63, 3.8) is 0 Å². The third-order valence-corrected chi connectivity index (χ3v) is 7.80. The number of halogens is 2. The molecule has 2 heterocycles. The number of benzene rings is 1. The van der Waals surface area contributed by atoms with Crippen molar-refractivity contribution in [3.05, 3.63) is 44.4 Å². The van der Waals surface area contributed by atoms with E-state index in [9.17, 15) is 8.42 Å². The number of sulfone groups is 1. The lowest BCUT2D eigenvalue weighted by Gasteiger charge is -2.16. The van der Waals surface area contributed by atoms with E-state index in [0.29, 0.717) is 40.9 Å². The molecule has 2 aromatic rings. The number of hydrogen-bond acceptors (Lipinski definition) is 5. The summed E-state index contributed by atoms with van der Waals surface area (Å²) in [5, 5.41) is 5.69. The molecule has 6 nitrogen and oxygen atoms in total. The van der Waals surface area contributed by atoms with E-state index in [0.717, 1.165) is 11.4 Å². The summed E-state index contributed by atoms with van der Waals surface area (Å²) in [6.45, 7) is 1.20. The normalized spacial score (nSPS) is 19.1. The highest BCUT2D eigenvalue weighted by Crippen LogP contribution is 2.24. The highest BCUT2D eigenvalue weighted by molar-refractivity contribution is 7.91. The van der Waals surface area contributed by atoms with Gasteiger partial charge in [0, 0.05) is 20.0 Å². The Labute approximate surface area is 174 Å². The summed E-state index contributed by atoms with van der Waals surface area (Å²) in [7, 11) is 0.963. The van der Waals surface area contributed by atoms with Crippen LogP contribution in [0.25, 0.3) is 0 Å². The quantitative estimate of drug-likeness (QED) is 0.634. The van der Waals surface area contributed by atoms with Gasteiger partial charge in [-0.3, -0.25) is 4.90 Å². The summed E-state index contributed by atoms with van der Waals surface area (Å²) in [6.07, 6.45) is 1.32. The molecule has 0 spiro atoms. The summed E-state index contributed by atoms with van der Waals surface area (Å²) in [5.74, 6) is 1.46. The Kier molecular flexibility index (Phi) is 6.32. The van der Waals surface area contributed by atoms with E-state index in [1.165, 1.54) is 0 Å². The average molecular weight is 449 g/mol. The maximum Gasteiger partial charge on any atom is 0.198 e. The zero-order valence-electron chi connectivity index (χ0n) is 15.2. The van der Waals surface area contributed by atoms with Crippen molar-refractivity contribution in [2.75, 3.05) is 18.6 Å². The molecule has 0 amide bonds. The van der Waals surface area contributed by atoms with Gasteiger partial charge in [-0.1, -0.05) is 29.3 Å². The minimum atomic E-state index is -2.89. The highest BCUT2D eigenvalue weighted by Gasteiger charge is 2.29. The van der Waals surface area contributed by atoms with Crippen molar-refractivity contribution in [2.24, 2.45) is 13.0 Å². The molecular weight excluding hydrogens is 427 g/mol. The SMILES string of the molecule is CN(Cc1ccc(Cl)c(Cl)c1)Cn1nc(C[C@@H]2CCS(=O)(=O)C2)n(C)c1=S. The van der Waals surface area contributed by atoms with Crippen LogP contribution < -0.4 is 0 Å². The summed E-state index contributed by atoms with van der Waals surface area (Å²) in [5.41, 5.74) is 1.05. The molecule has 0 saturated carbocycles. The molecule has 1 fully saturated rings. The maximum absolute atomic E-state index is 11.7. The summed E-state index contributed by atoms with van der Waals surface area (Å²) >= 11 is 17.5. The second-order valence-corrected chi connectivity index (χ2v) is 10.5. The molecule has 1 atom stereocenters. The van der Waals surface area contributed by atoms with Gasteiger partial charge in [0.25, 0.3) is 0 Å². The third kappa shape index (κ3) is 5.12. The molecule has 1 aromatic carbocycles. The predicted molar refractivity (Wildman–Crippen MR) is 110 cm³/mol. The maximum atomic E-state index is 11.7. The first-order chi connectivity index (χ1) is 12.6. The molecule has 10 heteroatoms. The van der Waals surface area contributed by atoms with Crippen molar-refractivity contribution in [1.29, 1.82) is 0 Å². The first-order valence-electron chi connectivity index (χ1n) is 8.60. The van der Waals surface area contributed by atoms with Crippen molar-refractivity contribution in [3.8, 4) is 0 Å². The van der Waals surface area contributed by atoms with E-state index in [-0.39, 0.29) is 17.4 Å². The smallest absolute Gasteiger partial charge is 0.198 e. The fraction of sp³-hybridized carbons (Fsp3) is 0.529. The van der Waals surface area contributed by atoms with Gasteiger partial charge in [0.2, 0.25) is 0 Å². The zero-order valence-corrected chi connectivity index (χ0v) is 18.4. The lowest BCUT2D eigenvalue weighted by molar-refractivity contribution is 0.243. The summed E-state index contributed by atoms with van der Waals surface area (Å²) in [6, 6.07) is 5.58. The molecule has 27 heavy (non-hydrogen) atoms. The minimum absolute atomic E-state index is 0.118. The second-order valence-electron chi connectivity index (χ2n) is 7.13. The van der Waals surface area contributed by atoms with Gasteiger partial charge in [0.1, 0.15) is 5.82 Å². The van der Waals surface area contributed by atoms with Crippen LogP contribution in [0, 0.1) is 10.7 Å².